The smallest absolute Gasteiger partial charge is 0.279 e. The van der Waals surface area contributed by atoms with E-state index in [2.05, 4.69) is 11.1 Å². The van der Waals surface area contributed by atoms with Crippen molar-refractivity contribution < 1.29 is 22.9 Å². The standard InChI is InChI=1S/C10H14N2O.ClH/c1-7-4-3-5-8(2)10(7)12-9(13)6-11;/h3-5H,6,11H2,1-2H3,(H,12,13);1H. The third-order valence-electron chi connectivity index (χ3n) is 1.97. The minimum absolute atomic E-state index is 0. The highest BCUT2D eigenvalue weighted by Crippen LogP contribution is 2.18. The predicted octanol–water partition coefficient (Wildman–Crippen LogP) is -2.51. The van der Waals surface area contributed by atoms with Crippen molar-refractivity contribution in [3.63, 3.8) is 0 Å². The summed E-state index contributed by atoms with van der Waals surface area (Å²) < 4.78 is 0. The van der Waals surface area contributed by atoms with E-state index in [1.165, 1.54) is 0 Å². The van der Waals surface area contributed by atoms with Gasteiger partial charge in [0.2, 0.25) is 0 Å². The molecule has 0 aliphatic heterocycles. The van der Waals surface area contributed by atoms with E-state index in [1.54, 1.807) is 0 Å². The van der Waals surface area contributed by atoms with Gasteiger partial charge in [-0.3, -0.25) is 4.79 Å². The number of hydrogen-bond acceptors (Lipinski definition) is 1. The van der Waals surface area contributed by atoms with E-state index in [9.17, 15) is 4.79 Å². The normalized spacial score (nSPS) is 9.07. The summed E-state index contributed by atoms with van der Waals surface area (Å²) in [7, 11) is 0. The molecule has 0 saturated heterocycles. The summed E-state index contributed by atoms with van der Waals surface area (Å²) in [5.41, 5.74) is 6.61. The molecule has 0 heterocycles. The van der Waals surface area contributed by atoms with Crippen molar-refractivity contribution in [1.82, 2.24) is 0 Å². The van der Waals surface area contributed by atoms with Crippen molar-refractivity contribution in [2.24, 2.45) is 0 Å². The lowest BCUT2D eigenvalue weighted by Crippen LogP contribution is -3.00. The number of anilines is 1. The Kier molecular flexibility index (Phi) is 5.20. The number of quaternary nitrogens is 1. The Labute approximate surface area is 90.1 Å². The van der Waals surface area contributed by atoms with Crippen LogP contribution in [0.15, 0.2) is 18.2 Å². The fourth-order valence-electron chi connectivity index (χ4n) is 1.21. The van der Waals surface area contributed by atoms with Crippen molar-refractivity contribution in [3.8, 4) is 0 Å². The predicted molar refractivity (Wildman–Crippen MR) is 52.3 cm³/mol. The van der Waals surface area contributed by atoms with Crippen molar-refractivity contribution in [3.05, 3.63) is 29.3 Å². The molecule has 1 rings (SSSR count). The van der Waals surface area contributed by atoms with Crippen LogP contribution in [0.5, 0.6) is 0 Å². The lowest BCUT2D eigenvalue weighted by molar-refractivity contribution is -0.353. The number of carbonyl (C=O) groups is 1. The molecule has 3 nitrogen and oxygen atoms in total. The zero-order valence-corrected chi connectivity index (χ0v) is 9.19. The van der Waals surface area contributed by atoms with Crippen LogP contribution >= 0.6 is 0 Å². The quantitative estimate of drug-likeness (QED) is 0.562. The lowest BCUT2D eigenvalue weighted by atomic mass is 10.1. The van der Waals surface area contributed by atoms with Gasteiger partial charge in [-0.05, 0) is 25.0 Å². The van der Waals surface area contributed by atoms with Crippen LogP contribution in [0, 0.1) is 13.8 Å². The zero-order chi connectivity index (χ0) is 9.84. The molecule has 0 spiro atoms. The molecule has 1 aromatic rings. The second-order valence-corrected chi connectivity index (χ2v) is 3.06. The van der Waals surface area contributed by atoms with Gasteiger partial charge in [-0.1, -0.05) is 18.2 Å². The Hall–Kier alpha value is -1.06. The molecule has 0 atom stereocenters. The topological polar surface area (TPSA) is 56.7 Å². The molecule has 4 N–H and O–H groups in total. The van der Waals surface area contributed by atoms with Gasteiger partial charge in [0.25, 0.3) is 5.91 Å². The molecule has 1 aromatic carbocycles. The molecule has 78 valence electrons. The van der Waals surface area contributed by atoms with Crippen LogP contribution in [0.25, 0.3) is 0 Å². The van der Waals surface area contributed by atoms with E-state index in [-0.39, 0.29) is 24.9 Å². The summed E-state index contributed by atoms with van der Waals surface area (Å²) in [5.74, 6) is -0.0441. The number of para-hydroxylation sites is 1. The SMILES string of the molecule is Cc1cccc(C)c1NC(=O)C[NH3+].[Cl-]. The third kappa shape index (κ3) is 3.01. The summed E-state index contributed by atoms with van der Waals surface area (Å²) in [6.45, 7) is 4.23. The van der Waals surface area contributed by atoms with E-state index in [1.807, 2.05) is 32.0 Å². The molecule has 0 aromatic heterocycles. The first-order valence-electron chi connectivity index (χ1n) is 4.30. The summed E-state index contributed by atoms with van der Waals surface area (Å²) >= 11 is 0. The van der Waals surface area contributed by atoms with Gasteiger partial charge in [0.15, 0.2) is 6.54 Å². The lowest BCUT2D eigenvalue weighted by Gasteiger charge is -2.09. The van der Waals surface area contributed by atoms with Gasteiger partial charge in [0.05, 0.1) is 0 Å². The number of benzene rings is 1. The molecule has 1 amide bonds. The van der Waals surface area contributed by atoms with E-state index in [0.717, 1.165) is 16.8 Å². The maximum atomic E-state index is 11.1. The fraction of sp³-hybridized carbons (Fsp3) is 0.300. The first kappa shape index (κ1) is 12.9. The van der Waals surface area contributed by atoms with Crippen molar-refractivity contribution in [1.29, 1.82) is 0 Å². The number of nitrogens with one attached hydrogen (secondary N) is 1. The minimum Gasteiger partial charge on any atom is -1.00 e. The molecule has 0 radical (unpaired) electrons. The van der Waals surface area contributed by atoms with Gasteiger partial charge in [0.1, 0.15) is 0 Å². The summed E-state index contributed by atoms with van der Waals surface area (Å²) in [6.07, 6.45) is 0. The number of carbonyl (C=O) groups excluding carboxylic acids is 1. The van der Waals surface area contributed by atoms with E-state index >= 15 is 0 Å². The largest absolute Gasteiger partial charge is 1.00 e. The Morgan fingerprint density at radius 3 is 2.29 bits per heavy atom. The molecule has 0 bridgehead atoms. The van der Waals surface area contributed by atoms with E-state index < -0.39 is 0 Å². The maximum Gasteiger partial charge on any atom is 0.279 e. The molecule has 0 unspecified atom stereocenters. The first-order valence-corrected chi connectivity index (χ1v) is 4.30. The fourth-order valence-corrected chi connectivity index (χ4v) is 1.21. The van der Waals surface area contributed by atoms with Gasteiger partial charge < -0.3 is 23.5 Å². The minimum atomic E-state index is -0.0441. The van der Waals surface area contributed by atoms with Gasteiger partial charge in [-0.2, -0.15) is 0 Å². The van der Waals surface area contributed by atoms with Crippen LogP contribution in [-0.2, 0) is 4.79 Å². The van der Waals surface area contributed by atoms with Crippen LogP contribution in [0.1, 0.15) is 11.1 Å². The Bertz CT molecular complexity index is 306. The highest BCUT2D eigenvalue weighted by atomic mass is 35.5. The average Bonchev–Trinajstić information content (AvgIpc) is 2.11. The summed E-state index contributed by atoms with van der Waals surface area (Å²) in [4.78, 5) is 11.1. The average molecular weight is 215 g/mol. The van der Waals surface area contributed by atoms with Crippen molar-refractivity contribution in [2.75, 3.05) is 11.9 Å². The van der Waals surface area contributed by atoms with Crippen molar-refractivity contribution in [2.45, 2.75) is 13.8 Å². The monoisotopic (exact) mass is 214 g/mol. The molecule has 0 saturated carbocycles. The molecular formula is C10H15ClN2O. The molecular weight excluding hydrogens is 200 g/mol. The number of halogens is 1. The van der Waals surface area contributed by atoms with Gasteiger partial charge in [-0.25, -0.2) is 0 Å². The third-order valence-corrected chi connectivity index (χ3v) is 1.97. The van der Waals surface area contributed by atoms with Gasteiger partial charge >= 0.3 is 0 Å². The zero-order valence-electron chi connectivity index (χ0n) is 8.43. The summed E-state index contributed by atoms with van der Waals surface area (Å²) in [6, 6.07) is 5.93. The number of hydrogen-bond donors (Lipinski definition) is 2. The van der Waals surface area contributed by atoms with E-state index in [4.69, 9.17) is 0 Å². The Morgan fingerprint density at radius 2 is 1.86 bits per heavy atom. The molecule has 14 heavy (non-hydrogen) atoms. The molecule has 0 aliphatic carbocycles. The second-order valence-electron chi connectivity index (χ2n) is 3.06. The maximum absolute atomic E-state index is 11.1. The molecule has 0 aliphatic rings. The highest BCUT2D eigenvalue weighted by Gasteiger charge is 2.05. The Balaban J connectivity index is 0.00000169. The van der Waals surface area contributed by atoms with Crippen LogP contribution < -0.4 is 23.5 Å². The molecule has 0 fully saturated rings. The molecule has 4 heteroatoms. The van der Waals surface area contributed by atoms with E-state index in [0.29, 0.717) is 0 Å². The van der Waals surface area contributed by atoms with Crippen LogP contribution in [-0.4, -0.2) is 12.5 Å². The summed E-state index contributed by atoms with van der Waals surface area (Å²) in [5, 5.41) is 2.83. The second kappa shape index (κ2) is 5.62. The van der Waals surface area contributed by atoms with Gasteiger partial charge in [-0.15, -0.1) is 0 Å². The number of amides is 1. The van der Waals surface area contributed by atoms with Crippen molar-refractivity contribution >= 4 is 11.6 Å². The van der Waals surface area contributed by atoms with Crippen LogP contribution in [0.3, 0.4) is 0 Å². The number of rotatable bonds is 2. The van der Waals surface area contributed by atoms with Crippen LogP contribution in [0.4, 0.5) is 5.69 Å². The van der Waals surface area contributed by atoms with Gasteiger partial charge in [0, 0.05) is 5.69 Å². The van der Waals surface area contributed by atoms with Crippen LogP contribution in [0.2, 0.25) is 0 Å². The highest BCUT2D eigenvalue weighted by molar-refractivity contribution is 5.92. The first-order chi connectivity index (χ1) is 6.15. The number of aryl methyl sites for hydroxylation is 2. The Morgan fingerprint density at radius 1 is 1.36 bits per heavy atom.